The molecule has 0 unspecified atom stereocenters. The fourth-order valence-corrected chi connectivity index (χ4v) is 2.60. The second-order valence-electron chi connectivity index (χ2n) is 5.04. The van der Waals surface area contributed by atoms with E-state index in [2.05, 4.69) is 30.1 Å². The fraction of sp³-hybridized carbons (Fsp3) is 0.167. The minimum atomic E-state index is 0.133. The predicted octanol–water partition coefficient (Wildman–Crippen LogP) is 4.07. The number of nitrogens with one attached hydrogen (secondary N) is 1. The molecule has 0 spiro atoms. The Kier molecular flexibility index (Phi) is 3.15. The van der Waals surface area contributed by atoms with Crippen LogP contribution in [0.25, 0.3) is 22.0 Å². The van der Waals surface area contributed by atoms with Crippen LogP contribution in [0.4, 0.5) is 0 Å². The molecule has 0 amide bonds. The number of hydrogen-bond acceptors (Lipinski definition) is 1. The highest BCUT2D eigenvalue weighted by Gasteiger charge is 2.08. The van der Waals surface area contributed by atoms with Gasteiger partial charge >= 0.3 is 0 Å². The molecule has 0 aliphatic heterocycles. The molecule has 0 saturated heterocycles. The third-order valence-corrected chi connectivity index (χ3v) is 3.80. The molecule has 1 heterocycles. The maximum Gasteiger partial charge on any atom is 0.192 e. The molecule has 0 radical (unpaired) electrons. The minimum Gasteiger partial charge on any atom is -0.358 e. The molecule has 1 aromatic heterocycles. The average Bonchev–Trinajstić information content (AvgIpc) is 2.51. The van der Waals surface area contributed by atoms with Crippen LogP contribution >= 0.6 is 0 Å². The number of benzene rings is 2. The Bertz CT molecular complexity index is 816. The van der Waals surface area contributed by atoms with Crippen LogP contribution < -0.4 is 5.43 Å². The zero-order chi connectivity index (χ0) is 14.1. The van der Waals surface area contributed by atoms with Crippen LogP contribution in [0.5, 0.6) is 0 Å². The van der Waals surface area contributed by atoms with E-state index in [4.69, 9.17) is 0 Å². The number of aromatic nitrogens is 1. The lowest BCUT2D eigenvalue weighted by molar-refractivity contribution is 1.02. The molecule has 3 aromatic rings. The normalized spacial score (nSPS) is 10.9. The van der Waals surface area contributed by atoms with Crippen LogP contribution in [0, 0.1) is 6.92 Å². The highest BCUT2D eigenvalue weighted by atomic mass is 16.1. The summed E-state index contributed by atoms with van der Waals surface area (Å²) in [7, 11) is 0. The van der Waals surface area contributed by atoms with E-state index < -0.39 is 0 Å². The quantitative estimate of drug-likeness (QED) is 0.743. The van der Waals surface area contributed by atoms with Crippen LogP contribution in [0.2, 0.25) is 0 Å². The molecule has 2 nitrogen and oxygen atoms in total. The van der Waals surface area contributed by atoms with Gasteiger partial charge in [-0.2, -0.15) is 0 Å². The highest BCUT2D eigenvalue weighted by molar-refractivity contribution is 5.85. The lowest BCUT2D eigenvalue weighted by Crippen LogP contribution is -2.11. The summed E-state index contributed by atoms with van der Waals surface area (Å²) >= 11 is 0. The second kappa shape index (κ2) is 4.97. The lowest BCUT2D eigenvalue weighted by Gasteiger charge is -2.08. The molecule has 0 atom stereocenters. The molecule has 2 aromatic carbocycles. The van der Waals surface area contributed by atoms with Crippen LogP contribution in [0.1, 0.15) is 18.2 Å². The topological polar surface area (TPSA) is 32.9 Å². The van der Waals surface area contributed by atoms with Crippen LogP contribution in [0.15, 0.2) is 53.3 Å². The number of rotatable bonds is 2. The zero-order valence-corrected chi connectivity index (χ0v) is 11.7. The Balaban J connectivity index is 2.27. The molecule has 100 valence electrons. The molecule has 0 saturated carbocycles. The molecule has 0 aliphatic carbocycles. The van der Waals surface area contributed by atoms with Gasteiger partial charge in [0.2, 0.25) is 0 Å². The fourth-order valence-electron chi connectivity index (χ4n) is 2.60. The van der Waals surface area contributed by atoms with Gasteiger partial charge in [-0.15, -0.1) is 0 Å². The summed E-state index contributed by atoms with van der Waals surface area (Å²) in [5.41, 5.74) is 5.10. The minimum absolute atomic E-state index is 0.133. The van der Waals surface area contributed by atoms with Crippen molar-refractivity contribution in [2.45, 2.75) is 20.3 Å². The van der Waals surface area contributed by atoms with Crippen molar-refractivity contribution in [3.8, 4) is 11.1 Å². The summed E-state index contributed by atoms with van der Waals surface area (Å²) in [5.74, 6) is 0. The number of aromatic amines is 1. The number of pyridine rings is 1. The molecule has 3 rings (SSSR count). The van der Waals surface area contributed by atoms with E-state index in [9.17, 15) is 4.79 Å². The zero-order valence-electron chi connectivity index (χ0n) is 11.7. The number of aryl methyl sites for hydroxylation is 1. The Morgan fingerprint density at radius 1 is 1.00 bits per heavy atom. The number of H-pyrrole nitrogens is 1. The summed E-state index contributed by atoms with van der Waals surface area (Å²) < 4.78 is 0. The van der Waals surface area contributed by atoms with Crippen molar-refractivity contribution in [3.05, 3.63) is 70.0 Å². The van der Waals surface area contributed by atoms with Crippen molar-refractivity contribution in [1.29, 1.82) is 0 Å². The van der Waals surface area contributed by atoms with Crippen LogP contribution in [-0.2, 0) is 6.42 Å². The predicted molar refractivity (Wildman–Crippen MR) is 84.1 cm³/mol. The first-order valence-corrected chi connectivity index (χ1v) is 6.91. The molecular weight excluding hydrogens is 246 g/mol. The largest absolute Gasteiger partial charge is 0.358 e. The van der Waals surface area contributed by atoms with Crippen molar-refractivity contribution in [2.75, 3.05) is 0 Å². The van der Waals surface area contributed by atoms with Gasteiger partial charge in [0.15, 0.2) is 5.43 Å². The van der Waals surface area contributed by atoms with E-state index >= 15 is 0 Å². The number of hydrogen-bond donors (Lipinski definition) is 1. The van der Waals surface area contributed by atoms with Crippen LogP contribution in [-0.4, -0.2) is 4.98 Å². The standard InChI is InChI=1S/C18H17NO/c1-3-16-12(2)18(20)15-11-14(9-10-17(15)19-16)13-7-5-4-6-8-13/h4-11H,3H2,1-2H3,(H,19,20). The summed E-state index contributed by atoms with van der Waals surface area (Å²) in [4.78, 5) is 15.8. The maximum atomic E-state index is 12.5. The Morgan fingerprint density at radius 3 is 2.45 bits per heavy atom. The molecule has 2 heteroatoms. The Morgan fingerprint density at radius 2 is 1.75 bits per heavy atom. The lowest BCUT2D eigenvalue weighted by atomic mass is 10.0. The third kappa shape index (κ3) is 2.03. The Labute approximate surface area is 118 Å². The number of fused-ring (bicyclic) bond motifs is 1. The van der Waals surface area contributed by atoms with E-state index in [-0.39, 0.29) is 5.43 Å². The van der Waals surface area contributed by atoms with Gasteiger partial charge in [0.25, 0.3) is 0 Å². The smallest absolute Gasteiger partial charge is 0.192 e. The molecule has 0 fully saturated rings. The van der Waals surface area contributed by atoms with Crippen molar-refractivity contribution < 1.29 is 0 Å². The maximum absolute atomic E-state index is 12.5. The first-order valence-electron chi connectivity index (χ1n) is 6.91. The van der Waals surface area contributed by atoms with Crippen LogP contribution in [0.3, 0.4) is 0 Å². The van der Waals surface area contributed by atoms with Crippen molar-refractivity contribution in [3.63, 3.8) is 0 Å². The first kappa shape index (κ1) is 12.7. The van der Waals surface area contributed by atoms with E-state index in [0.29, 0.717) is 0 Å². The second-order valence-corrected chi connectivity index (χ2v) is 5.04. The van der Waals surface area contributed by atoms with E-state index in [0.717, 1.165) is 39.7 Å². The summed E-state index contributed by atoms with van der Waals surface area (Å²) in [6.45, 7) is 3.95. The van der Waals surface area contributed by atoms with Crippen molar-refractivity contribution >= 4 is 10.9 Å². The van der Waals surface area contributed by atoms with Gasteiger partial charge in [0.1, 0.15) is 0 Å². The van der Waals surface area contributed by atoms with Gasteiger partial charge < -0.3 is 4.98 Å². The van der Waals surface area contributed by atoms with Crippen molar-refractivity contribution in [2.24, 2.45) is 0 Å². The highest BCUT2D eigenvalue weighted by Crippen LogP contribution is 2.22. The molecule has 1 N–H and O–H groups in total. The van der Waals surface area contributed by atoms with Gasteiger partial charge in [-0.05, 0) is 36.6 Å². The molecule has 0 bridgehead atoms. The average molecular weight is 263 g/mol. The molecule has 20 heavy (non-hydrogen) atoms. The van der Waals surface area contributed by atoms with E-state index in [1.54, 1.807) is 0 Å². The Hall–Kier alpha value is -2.35. The van der Waals surface area contributed by atoms with Gasteiger partial charge in [-0.1, -0.05) is 43.3 Å². The van der Waals surface area contributed by atoms with Gasteiger partial charge in [-0.25, -0.2) is 0 Å². The summed E-state index contributed by atoms with van der Waals surface area (Å²) in [6, 6.07) is 16.2. The van der Waals surface area contributed by atoms with Gasteiger partial charge in [0, 0.05) is 22.2 Å². The summed E-state index contributed by atoms with van der Waals surface area (Å²) in [5, 5.41) is 0.765. The van der Waals surface area contributed by atoms with E-state index in [1.807, 2.05) is 37.3 Å². The van der Waals surface area contributed by atoms with Crippen molar-refractivity contribution in [1.82, 2.24) is 4.98 Å². The van der Waals surface area contributed by atoms with Gasteiger partial charge in [0.05, 0.1) is 0 Å². The SMILES string of the molecule is CCc1[nH]c2ccc(-c3ccccc3)cc2c(=O)c1C. The van der Waals surface area contributed by atoms with E-state index in [1.165, 1.54) is 0 Å². The van der Waals surface area contributed by atoms with Gasteiger partial charge in [-0.3, -0.25) is 4.79 Å². The monoisotopic (exact) mass is 263 g/mol. The third-order valence-electron chi connectivity index (χ3n) is 3.80. The molecule has 0 aliphatic rings. The first-order chi connectivity index (χ1) is 9.70. The molecular formula is C18H17NO. The summed E-state index contributed by atoms with van der Waals surface area (Å²) in [6.07, 6.45) is 0.845.